The Morgan fingerprint density at radius 3 is 2.88 bits per heavy atom. The molecule has 2 heterocycles. The highest BCUT2D eigenvalue weighted by Gasteiger charge is 2.20. The van der Waals surface area contributed by atoms with Crippen molar-refractivity contribution in [2.45, 2.75) is 13.8 Å². The van der Waals surface area contributed by atoms with E-state index in [1.807, 2.05) is 6.92 Å². The Labute approximate surface area is 104 Å². The molecule has 1 aromatic rings. The molecule has 0 aliphatic carbocycles. The first-order chi connectivity index (χ1) is 8.22. The molecular formula is C11H16N2O3S. The summed E-state index contributed by atoms with van der Waals surface area (Å²) in [6.07, 6.45) is 0. The predicted octanol–water partition coefficient (Wildman–Crippen LogP) is 1.46. The maximum absolute atomic E-state index is 11.6. The van der Waals surface area contributed by atoms with Crippen LogP contribution in [0.2, 0.25) is 0 Å². The van der Waals surface area contributed by atoms with Crippen molar-refractivity contribution in [3.05, 3.63) is 10.6 Å². The number of hydrogen-bond donors (Lipinski definition) is 0. The van der Waals surface area contributed by atoms with Gasteiger partial charge < -0.3 is 14.4 Å². The summed E-state index contributed by atoms with van der Waals surface area (Å²) in [5.74, 6) is -0.333. The van der Waals surface area contributed by atoms with E-state index in [9.17, 15) is 4.79 Å². The molecule has 0 radical (unpaired) electrons. The van der Waals surface area contributed by atoms with Gasteiger partial charge in [0.05, 0.1) is 19.8 Å². The van der Waals surface area contributed by atoms with Crippen LogP contribution < -0.4 is 4.90 Å². The van der Waals surface area contributed by atoms with Crippen molar-refractivity contribution < 1.29 is 14.3 Å². The maximum atomic E-state index is 11.6. The molecule has 1 aliphatic heterocycles. The van der Waals surface area contributed by atoms with Crippen molar-refractivity contribution in [2.24, 2.45) is 0 Å². The number of carbonyl (C=O) groups excluding carboxylic acids is 1. The van der Waals surface area contributed by atoms with Crippen molar-refractivity contribution in [3.63, 3.8) is 0 Å². The molecule has 2 rings (SSSR count). The summed E-state index contributed by atoms with van der Waals surface area (Å²) in [5.41, 5.74) is 0.443. The van der Waals surface area contributed by atoms with Gasteiger partial charge in [0.15, 0.2) is 10.8 Å². The maximum Gasteiger partial charge on any atom is 0.358 e. The Bertz CT molecular complexity index is 399. The van der Waals surface area contributed by atoms with E-state index in [1.54, 1.807) is 6.92 Å². The van der Waals surface area contributed by atoms with Crippen LogP contribution in [0.4, 0.5) is 5.13 Å². The van der Waals surface area contributed by atoms with E-state index < -0.39 is 0 Å². The number of hydrogen-bond acceptors (Lipinski definition) is 6. The molecule has 1 saturated heterocycles. The van der Waals surface area contributed by atoms with Crippen molar-refractivity contribution >= 4 is 22.4 Å². The van der Waals surface area contributed by atoms with E-state index in [4.69, 9.17) is 9.47 Å². The predicted molar refractivity (Wildman–Crippen MR) is 65.8 cm³/mol. The number of nitrogens with zero attached hydrogens (tertiary/aromatic N) is 2. The van der Waals surface area contributed by atoms with Crippen LogP contribution in [0, 0.1) is 6.92 Å². The fourth-order valence-electron chi connectivity index (χ4n) is 1.66. The zero-order valence-corrected chi connectivity index (χ0v) is 10.9. The second-order valence-electron chi connectivity index (χ2n) is 3.72. The number of carbonyl (C=O) groups is 1. The third kappa shape index (κ3) is 2.76. The first-order valence-corrected chi connectivity index (χ1v) is 6.51. The molecule has 0 unspecified atom stereocenters. The van der Waals surface area contributed by atoms with Gasteiger partial charge in [-0.1, -0.05) is 0 Å². The molecule has 5 nitrogen and oxygen atoms in total. The summed E-state index contributed by atoms with van der Waals surface area (Å²) in [5, 5.41) is 0.883. The molecule has 0 aromatic carbocycles. The lowest BCUT2D eigenvalue weighted by molar-refractivity contribution is 0.0519. The Hall–Kier alpha value is -1.14. The summed E-state index contributed by atoms with van der Waals surface area (Å²) in [4.78, 5) is 19.1. The van der Waals surface area contributed by atoms with E-state index in [2.05, 4.69) is 9.88 Å². The molecule has 0 atom stereocenters. The third-order valence-corrected chi connectivity index (χ3v) is 3.57. The van der Waals surface area contributed by atoms with Crippen LogP contribution >= 0.6 is 11.3 Å². The molecule has 0 saturated carbocycles. The summed E-state index contributed by atoms with van der Waals surface area (Å²) >= 11 is 1.53. The van der Waals surface area contributed by atoms with Gasteiger partial charge in [0, 0.05) is 18.0 Å². The van der Waals surface area contributed by atoms with E-state index in [0.29, 0.717) is 25.5 Å². The zero-order valence-electron chi connectivity index (χ0n) is 10.1. The minimum Gasteiger partial charge on any atom is -0.461 e. The second-order valence-corrected chi connectivity index (χ2v) is 4.90. The second kappa shape index (κ2) is 5.46. The van der Waals surface area contributed by atoms with Crippen molar-refractivity contribution in [1.82, 2.24) is 4.98 Å². The van der Waals surface area contributed by atoms with Crippen LogP contribution in [0.25, 0.3) is 0 Å². The zero-order chi connectivity index (χ0) is 12.3. The van der Waals surface area contributed by atoms with Crippen LogP contribution in [-0.2, 0) is 9.47 Å². The van der Waals surface area contributed by atoms with Crippen molar-refractivity contribution in [2.75, 3.05) is 37.8 Å². The highest BCUT2D eigenvalue weighted by molar-refractivity contribution is 7.15. The average Bonchev–Trinajstić information content (AvgIpc) is 2.73. The number of morpholine rings is 1. The molecular weight excluding hydrogens is 240 g/mol. The number of aromatic nitrogens is 1. The molecule has 1 aliphatic rings. The van der Waals surface area contributed by atoms with Gasteiger partial charge in [0.1, 0.15) is 0 Å². The molecule has 6 heteroatoms. The van der Waals surface area contributed by atoms with Crippen LogP contribution in [0.5, 0.6) is 0 Å². The summed E-state index contributed by atoms with van der Waals surface area (Å²) < 4.78 is 10.3. The average molecular weight is 256 g/mol. The third-order valence-electron chi connectivity index (χ3n) is 2.54. The molecule has 0 bridgehead atoms. The minimum atomic E-state index is -0.333. The lowest BCUT2D eigenvalue weighted by Crippen LogP contribution is -2.36. The van der Waals surface area contributed by atoms with E-state index in [1.165, 1.54) is 11.3 Å². The summed E-state index contributed by atoms with van der Waals surface area (Å²) in [6.45, 7) is 7.16. The molecule has 94 valence electrons. The van der Waals surface area contributed by atoms with Gasteiger partial charge in [-0.05, 0) is 13.8 Å². The largest absolute Gasteiger partial charge is 0.461 e. The SMILES string of the molecule is CCOC(=O)c1nc(N2CCOCC2)sc1C. The standard InChI is InChI=1S/C11H16N2O3S/c1-3-16-10(14)9-8(2)17-11(12-9)13-4-6-15-7-5-13/h3-7H2,1-2H3. The molecule has 1 aromatic heterocycles. The quantitative estimate of drug-likeness (QED) is 0.766. The Morgan fingerprint density at radius 1 is 1.53 bits per heavy atom. The number of aryl methyl sites for hydroxylation is 1. The molecule has 0 N–H and O–H groups in total. The van der Waals surface area contributed by atoms with Gasteiger partial charge in [-0.25, -0.2) is 9.78 Å². The minimum absolute atomic E-state index is 0.333. The van der Waals surface area contributed by atoms with E-state index >= 15 is 0 Å². The Kier molecular flexibility index (Phi) is 3.96. The van der Waals surface area contributed by atoms with Gasteiger partial charge in [0.2, 0.25) is 0 Å². The van der Waals surface area contributed by atoms with Crippen LogP contribution in [-0.4, -0.2) is 43.9 Å². The first-order valence-electron chi connectivity index (χ1n) is 5.69. The summed E-state index contributed by atoms with van der Waals surface area (Å²) in [6, 6.07) is 0. The van der Waals surface area contributed by atoms with Crippen LogP contribution in [0.1, 0.15) is 22.3 Å². The number of rotatable bonds is 3. The Balaban J connectivity index is 2.14. The Morgan fingerprint density at radius 2 is 2.24 bits per heavy atom. The molecule has 1 fully saturated rings. The summed E-state index contributed by atoms with van der Waals surface area (Å²) in [7, 11) is 0. The number of anilines is 1. The van der Waals surface area contributed by atoms with Gasteiger partial charge in [-0.2, -0.15) is 0 Å². The highest BCUT2D eigenvalue weighted by atomic mass is 32.1. The fraction of sp³-hybridized carbons (Fsp3) is 0.636. The molecule has 0 spiro atoms. The highest BCUT2D eigenvalue weighted by Crippen LogP contribution is 2.26. The van der Waals surface area contributed by atoms with E-state index in [-0.39, 0.29) is 5.97 Å². The lowest BCUT2D eigenvalue weighted by Gasteiger charge is -2.25. The van der Waals surface area contributed by atoms with Gasteiger partial charge in [-0.3, -0.25) is 0 Å². The normalized spacial score (nSPS) is 16.0. The lowest BCUT2D eigenvalue weighted by atomic mass is 10.4. The molecule has 0 amide bonds. The van der Waals surface area contributed by atoms with Gasteiger partial charge in [-0.15, -0.1) is 11.3 Å². The molecule has 17 heavy (non-hydrogen) atoms. The number of esters is 1. The van der Waals surface area contributed by atoms with Crippen molar-refractivity contribution in [3.8, 4) is 0 Å². The smallest absolute Gasteiger partial charge is 0.358 e. The van der Waals surface area contributed by atoms with Crippen LogP contribution in [0.15, 0.2) is 0 Å². The van der Waals surface area contributed by atoms with Gasteiger partial charge >= 0.3 is 5.97 Å². The van der Waals surface area contributed by atoms with Gasteiger partial charge in [0.25, 0.3) is 0 Å². The van der Waals surface area contributed by atoms with Crippen LogP contribution in [0.3, 0.4) is 0 Å². The number of ether oxygens (including phenoxy) is 2. The van der Waals surface area contributed by atoms with E-state index in [0.717, 1.165) is 23.1 Å². The topological polar surface area (TPSA) is 51.7 Å². The monoisotopic (exact) mass is 256 g/mol. The first kappa shape index (κ1) is 12.3. The number of thiazole rings is 1. The fourth-order valence-corrected chi connectivity index (χ4v) is 2.61. The van der Waals surface area contributed by atoms with Crippen molar-refractivity contribution in [1.29, 1.82) is 0 Å².